The van der Waals surface area contributed by atoms with Crippen LogP contribution in [0.25, 0.3) is 0 Å². The average Bonchev–Trinajstić information content (AvgIpc) is 3.09. The van der Waals surface area contributed by atoms with Gasteiger partial charge in [0.1, 0.15) is 23.8 Å². The van der Waals surface area contributed by atoms with E-state index in [1.54, 1.807) is 6.07 Å². The first-order chi connectivity index (χ1) is 14.4. The number of hydrogen-bond donors (Lipinski definition) is 4. The minimum absolute atomic E-state index is 0.0701. The van der Waals surface area contributed by atoms with Crippen molar-refractivity contribution in [2.75, 3.05) is 13.2 Å². The molecule has 2 aromatic carbocycles. The van der Waals surface area contributed by atoms with Crippen LogP contribution < -0.4 is 4.74 Å². The Hall–Kier alpha value is -1.68. The highest BCUT2D eigenvalue weighted by atomic mass is 32.2. The molecule has 5 atom stereocenters. The van der Waals surface area contributed by atoms with Crippen molar-refractivity contribution in [3.63, 3.8) is 0 Å². The fourth-order valence-corrected chi connectivity index (χ4v) is 5.62. The molecule has 2 aliphatic rings. The molecule has 0 aliphatic carbocycles. The molecular weight excluding hydrogens is 411 g/mol. The van der Waals surface area contributed by atoms with Crippen molar-refractivity contribution in [1.82, 2.24) is 0 Å². The predicted molar refractivity (Wildman–Crippen MR) is 110 cm³/mol. The van der Waals surface area contributed by atoms with Gasteiger partial charge in [-0.1, -0.05) is 12.1 Å². The number of rotatable bonds is 5. The van der Waals surface area contributed by atoms with Gasteiger partial charge in [-0.05, 0) is 47.9 Å². The highest BCUT2D eigenvalue weighted by Gasteiger charge is 2.57. The van der Waals surface area contributed by atoms with E-state index in [-0.39, 0.29) is 12.4 Å². The Labute approximate surface area is 178 Å². The molecule has 30 heavy (non-hydrogen) atoms. The molecule has 162 valence electrons. The zero-order chi connectivity index (χ0) is 21.5. The molecule has 1 spiro atoms. The topological polar surface area (TPSA) is 99.4 Å². The normalized spacial score (nSPS) is 30.5. The van der Waals surface area contributed by atoms with E-state index < -0.39 is 35.1 Å². The summed E-state index contributed by atoms with van der Waals surface area (Å²) in [4.78, 5) is -1.37. The first-order valence-electron chi connectivity index (χ1n) is 9.90. The van der Waals surface area contributed by atoms with Gasteiger partial charge < -0.3 is 29.9 Å². The summed E-state index contributed by atoms with van der Waals surface area (Å²) in [6.07, 6.45) is -3.88. The first kappa shape index (κ1) is 21.5. The molecule has 0 amide bonds. The van der Waals surface area contributed by atoms with Crippen LogP contribution in [0.15, 0.2) is 36.4 Å². The Bertz CT molecular complexity index is 905. The SMILES string of the molecule is CCOc1ccc(Cc2cc3c(cc2F)CO[C@]32SC(CO)[C@@H](O)[C@H](O)[C@H]2O)cc1. The standard InChI is InChI=1S/C22H25FO6S/c1-2-28-15-5-3-12(4-6-15)7-13-8-16-14(9-17(13)23)11-29-22(16)21(27)20(26)19(25)18(10-24)30-22/h3-6,8-9,18-21,24-27H,2,7,10-11H2,1H3/t18?,19-,20+,21-,22+/m1/s1. The van der Waals surface area contributed by atoms with Crippen LogP contribution in [0.3, 0.4) is 0 Å². The lowest BCUT2D eigenvalue weighted by Gasteiger charge is -2.45. The smallest absolute Gasteiger partial charge is 0.168 e. The zero-order valence-corrected chi connectivity index (χ0v) is 17.3. The van der Waals surface area contributed by atoms with Crippen LogP contribution in [0.4, 0.5) is 4.39 Å². The van der Waals surface area contributed by atoms with Gasteiger partial charge in [-0.2, -0.15) is 0 Å². The molecule has 0 saturated carbocycles. The van der Waals surface area contributed by atoms with Gasteiger partial charge in [-0.15, -0.1) is 11.8 Å². The number of hydrogen-bond acceptors (Lipinski definition) is 7. The van der Waals surface area contributed by atoms with Crippen molar-refractivity contribution in [2.24, 2.45) is 0 Å². The van der Waals surface area contributed by atoms with Crippen LogP contribution in [-0.4, -0.2) is 57.2 Å². The molecule has 2 heterocycles. The first-order valence-corrected chi connectivity index (χ1v) is 10.8. The van der Waals surface area contributed by atoms with E-state index in [0.29, 0.717) is 29.7 Å². The fourth-order valence-electron chi connectivity index (χ4n) is 4.07. The maximum Gasteiger partial charge on any atom is 0.168 e. The number of aliphatic hydroxyl groups is 4. The number of halogens is 1. The van der Waals surface area contributed by atoms with Crippen LogP contribution in [0.1, 0.15) is 29.2 Å². The van der Waals surface area contributed by atoms with Gasteiger partial charge in [-0.25, -0.2) is 4.39 Å². The molecule has 1 fully saturated rings. The lowest BCUT2D eigenvalue weighted by molar-refractivity contribution is -0.147. The van der Waals surface area contributed by atoms with Gasteiger partial charge in [0.05, 0.1) is 31.2 Å². The van der Waals surface area contributed by atoms with E-state index in [1.807, 2.05) is 31.2 Å². The minimum Gasteiger partial charge on any atom is -0.494 e. The molecule has 2 aromatic rings. The summed E-state index contributed by atoms with van der Waals surface area (Å²) < 4.78 is 26.1. The second-order valence-corrected chi connectivity index (χ2v) is 9.02. The summed E-state index contributed by atoms with van der Waals surface area (Å²) in [6.45, 7) is 2.15. The number of fused-ring (bicyclic) bond motifs is 2. The van der Waals surface area contributed by atoms with Gasteiger partial charge in [0.2, 0.25) is 0 Å². The van der Waals surface area contributed by atoms with Gasteiger partial charge in [0.15, 0.2) is 4.93 Å². The molecule has 1 saturated heterocycles. The molecule has 4 rings (SSSR count). The van der Waals surface area contributed by atoms with Gasteiger partial charge in [0.25, 0.3) is 0 Å². The van der Waals surface area contributed by atoms with E-state index in [1.165, 1.54) is 6.07 Å². The summed E-state index contributed by atoms with van der Waals surface area (Å²) in [5.41, 5.74) is 2.46. The van der Waals surface area contributed by atoms with Crippen molar-refractivity contribution >= 4 is 11.8 Å². The van der Waals surface area contributed by atoms with E-state index in [4.69, 9.17) is 9.47 Å². The second-order valence-electron chi connectivity index (χ2n) is 7.58. The molecule has 8 heteroatoms. The molecule has 2 aliphatic heterocycles. The van der Waals surface area contributed by atoms with Crippen LogP contribution in [0.5, 0.6) is 5.75 Å². The van der Waals surface area contributed by atoms with Crippen molar-refractivity contribution < 1.29 is 34.3 Å². The highest BCUT2D eigenvalue weighted by molar-refractivity contribution is 8.00. The minimum atomic E-state index is -1.49. The number of aliphatic hydroxyl groups excluding tert-OH is 4. The summed E-state index contributed by atoms with van der Waals surface area (Å²) in [6, 6.07) is 10.5. The van der Waals surface area contributed by atoms with Gasteiger partial charge >= 0.3 is 0 Å². The lowest BCUT2D eigenvalue weighted by atomic mass is 9.91. The van der Waals surface area contributed by atoms with Crippen LogP contribution in [0.2, 0.25) is 0 Å². The summed E-state index contributed by atoms with van der Waals surface area (Å²) >= 11 is 1.06. The number of thioether (sulfide) groups is 1. The zero-order valence-electron chi connectivity index (χ0n) is 16.5. The van der Waals surface area contributed by atoms with Crippen molar-refractivity contribution in [2.45, 2.75) is 48.4 Å². The summed E-state index contributed by atoms with van der Waals surface area (Å²) in [5.74, 6) is 0.366. The maximum atomic E-state index is 14.8. The number of ether oxygens (including phenoxy) is 2. The highest BCUT2D eigenvalue weighted by Crippen LogP contribution is 2.54. The van der Waals surface area contributed by atoms with Gasteiger partial charge in [0, 0.05) is 12.0 Å². The number of benzene rings is 2. The van der Waals surface area contributed by atoms with E-state index >= 15 is 0 Å². The lowest BCUT2D eigenvalue weighted by Crippen LogP contribution is -2.58. The molecule has 4 N–H and O–H groups in total. The van der Waals surface area contributed by atoms with Crippen LogP contribution >= 0.6 is 11.8 Å². The van der Waals surface area contributed by atoms with E-state index in [9.17, 15) is 24.8 Å². The Morgan fingerprint density at radius 3 is 2.57 bits per heavy atom. The average molecular weight is 437 g/mol. The molecule has 1 unspecified atom stereocenters. The maximum absolute atomic E-state index is 14.8. The Kier molecular flexibility index (Phi) is 6.07. The quantitative estimate of drug-likeness (QED) is 0.566. The third-order valence-corrected chi connectivity index (χ3v) is 7.33. The Morgan fingerprint density at radius 2 is 1.90 bits per heavy atom. The Balaban J connectivity index is 1.67. The van der Waals surface area contributed by atoms with Crippen LogP contribution in [0, 0.1) is 5.82 Å². The van der Waals surface area contributed by atoms with Gasteiger partial charge in [-0.3, -0.25) is 0 Å². The summed E-state index contributed by atoms with van der Waals surface area (Å²) in [7, 11) is 0. The molecule has 0 radical (unpaired) electrons. The molecule has 0 aromatic heterocycles. The fraction of sp³-hybridized carbons (Fsp3) is 0.455. The molecule has 0 bridgehead atoms. The van der Waals surface area contributed by atoms with Crippen LogP contribution in [-0.2, 0) is 22.7 Å². The predicted octanol–water partition coefficient (Wildman–Crippen LogP) is 1.69. The third kappa shape index (κ3) is 3.62. The molecule has 6 nitrogen and oxygen atoms in total. The van der Waals surface area contributed by atoms with E-state index in [2.05, 4.69) is 0 Å². The third-order valence-electron chi connectivity index (χ3n) is 5.67. The summed E-state index contributed by atoms with van der Waals surface area (Å²) in [5, 5.41) is 40.1. The Morgan fingerprint density at radius 1 is 1.17 bits per heavy atom. The van der Waals surface area contributed by atoms with Crippen molar-refractivity contribution in [3.05, 3.63) is 64.5 Å². The monoisotopic (exact) mass is 436 g/mol. The second kappa shape index (κ2) is 8.45. The molecular formula is C22H25FO6S. The van der Waals surface area contributed by atoms with Crippen molar-refractivity contribution in [3.8, 4) is 5.75 Å². The van der Waals surface area contributed by atoms with Crippen molar-refractivity contribution in [1.29, 1.82) is 0 Å². The largest absolute Gasteiger partial charge is 0.494 e. The van der Waals surface area contributed by atoms with E-state index in [0.717, 1.165) is 23.1 Å².